The molecule has 128 heavy (non-hydrogen) atoms. The number of hydrogen-bond donors (Lipinski definition) is 1. The van der Waals surface area contributed by atoms with Crippen LogP contribution >= 0.6 is 7.81 Å². The topological polar surface area (TPSA) is 470 Å². The van der Waals surface area contributed by atoms with Crippen LogP contribution in [0.4, 0.5) is 58.5 Å². The number of nitrogens with zero attached hydrogens (tertiary/aromatic N) is 4. The van der Waals surface area contributed by atoms with Gasteiger partial charge in [0.1, 0.15) is 68.4 Å². The van der Waals surface area contributed by atoms with Crippen molar-refractivity contribution >= 4 is 76.2 Å². The molecule has 0 aliphatic carbocycles. The van der Waals surface area contributed by atoms with Crippen LogP contribution in [-0.4, -0.2) is 103 Å². The Morgan fingerprint density at radius 3 is 1.21 bits per heavy atom. The summed E-state index contributed by atoms with van der Waals surface area (Å²) in [6.45, 7) is 25.8. The van der Waals surface area contributed by atoms with E-state index in [0.717, 1.165) is 93.7 Å². The summed E-state index contributed by atoms with van der Waals surface area (Å²) in [5, 5.41) is 29.5. The Kier molecular flexibility index (Phi) is 48.8. The van der Waals surface area contributed by atoms with Crippen molar-refractivity contribution in [2.24, 2.45) is 0 Å². The van der Waals surface area contributed by atoms with Crippen molar-refractivity contribution < 1.29 is 166 Å². The molecular weight excluding hydrogens is 1840 g/mol. The van der Waals surface area contributed by atoms with E-state index in [1.807, 2.05) is 52.0 Å². The SMILES string of the molecule is CC(C)c1cc(C(C)C)c(S(=O)(=O)[O-])c(C(C)C)c1.CCCCCCOc1cc(OCCCCCC)c([N+]#N)c(OCCCCCC)c1.CCCCOc1ccc([N+]#N)c(OCCCC)c1.COc1cc(O)c(C(=O)c2ccccc2)cc1S(=O)(=O)[O-].F[P-](F)(F)(F)(F)F.O=S(=O)([O-])c1c(F)c(F)c(F)c(F)c1F.O=S(=O)([O-])c1cccc2ccccc12.[O-][Cl+3]([O-])([O-])[O-]. The maximum atomic E-state index is 12.6. The van der Waals surface area contributed by atoms with Gasteiger partial charge in [-0.3, -0.25) is 4.79 Å². The zero-order valence-corrected chi connectivity index (χ0v) is 76.9. The van der Waals surface area contributed by atoms with E-state index in [9.17, 15) is 114 Å². The first-order valence-corrected chi connectivity index (χ1v) is 48.4. The predicted octanol–water partition coefficient (Wildman–Crippen LogP) is 19.7. The molecule has 0 saturated carbocycles. The average Bonchev–Trinajstić information content (AvgIpc) is 0.727. The molecule has 0 bridgehead atoms. The number of carbonyl (C=O) groups is 1. The van der Waals surface area contributed by atoms with Crippen molar-refractivity contribution in [1.29, 1.82) is 10.8 Å². The number of carbonyl (C=O) groups excluding carboxylic acids is 1. The second-order valence-corrected chi connectivity index (χ2v) is 36.5. The van der Waals surface area contributed by atoms with Gasteiger partial charge in [0.2, 0.25) is 33.9 Å². The first-order valence-electron chi connectivity index (χ1n) is 39.5. The molecule has 1 N–H and O–H groups in total. The molecule has 28 nitrogen and oxygen atoms in total. The Balaban J connectivity index is 0.000000757. The minimum absolute atomic E-state index is 0.00919. The van der Waals surface area contributed by atoms with Gasteiger partial charge in [0.25, 0.3) is 0 Å². The van der Waals surface area contributed by atoms with Crippen LogP contribution < -0.4 is 47.1 Å². The molecule has 0 unspecified atom stereocenters. The van der Waals surface area contributed by atoms with Crippen molar-refractivity contribution in [2.75, 3.05) is 40.1 Å². The third-order valence-corrected chi connectivity index (χ3v) is 20.6. The van der Waals surface area contributed by atoms with Crippen LogP contribution in [0.25, 0.3) is 20.7 Å². The van der Waals surface area contributed by atoms with Crippen molar-refractivity contribution in [3.05, 3.63) is 194 Å². The van der Waals surface area contributed by atoms with Crippen LogP contribution in [0.5, 0.6) is 40.2 Å². The number of methoxy groups -OCH3 is 1. The normalized spacial score (nSPS) is 11.9. The van der Waals surface area contributed by atoms with E-state index >= 15 is 0 Å². The van der Waals surface area contributed by atoms with Crippen molar-refractivity contribution in [1.82, 2.24) is 0 Å². The number of diazo groups is 2. The van der Waals surface area contributed by atoms with Crippen LogP contribution in [0.15, 0.2) is 147 Å². The van der Waals surface area contributed by atoms with Crippen LogP contribution in [0, 0.1) is 50.1 Å². The van der Waals surface area contributed by atoms with Gasteiger partial charge in [0.05, 0.1) is 60.4 Å². The zero-order valence-electron chi connectivity index (χ0n) is 71.9. The Bertz CT molecular complexity index is 5340. The molecule has 0 aliphatic rings. The largest absolute Gasteiger partial charge is 0.744 e. The second kappa shape index (κ2) is 53.6. The number of ketones is 1. The van der Waals surface area contributed by atoms with E-state index in [0.29, 0.717) is 89.8 Å². The number of phenols is 1. The number of halogens is 12. The molecule has 0 spiro atoms. The van der Waals surface area contributed by atoms with Gasteiger partial charge in [-0.25, -0.2) is 74.3 Å². The third-order valence-electron chi connectivity index (χ3n) is 17.1. The van der Waals surface area contributed by atoms with Crippen LogP contribution in [-0.2, 0) is 40.5 Å². The molecule has 0 amide bonds. The second-order valence-electron chi connectivity index (χ2n) is 28.5. The minimum Gasteiger partial charge on any atom is -0.744 e. The average molecular weight is 1940 g/mol. The Morgan fingerprint density at radius 2 is 0.812 bits per heavy atom. The molecular formula is C83H103ClF11N4O24PS4-4. The first-order chi connectivity index (χ1) is 59.2. The molecule has 0 atom stereocenters. The van der Waals surface area contributed by atoms with Crippen LogP contribution in [0.1, 0.15) is 229 Å². The van der Waals surface area contributed by atoms with Gasteiger partial charge in [0.15, 0.2) is 39.0 Å². The summed E-state index contributed by atoms with van der Waals surface area (Å²) in [5.41, 5.74) is 3.14. The van der Waals surface area contributed by atoms with Gasteiger partial charge in [-0.05, 0) is 95.5 Å². The summed E-state index contributed by atoms with van der Waals surface area (Å²) in [7, 11) is -33.9. The smallest absolute Gasteiger partial charge is 0.200 e. The summed E-state index contributed by atoms with van der Waals surface area (Å²) in [6.07, 6.45) is 17.8. The molecule has 0 aliphatic heterocycles. The fourth-order valence-electron chi connectivity index (χ4n) is 10.8. The predicted molar refractivity (Wildman–Crippen MR) is 441 cm³/mol. The van der Waals surface area contributed by atoms with Crippen molar-refractivity contribution in [3.63, 3.8) is 0 Å². The van der Waals surface area contributed by atoms with Crippen molar-refractivity contribution in [2.45, 2.75) is 216 Å². The number of ether oxygens (including phenoxy) is 6. The molecule has 45 heteroatoms. The number of rotatable bonds is 36. The summed E-state index contributed by atoms with van der Waals surface area (Å²) in [4.78, 5) is 15.7. The van der Waals surface area contributed by atoms with Crippen molar-refractivity contribution in [3.8, 4) is 40.2 Å². The fourth-order valence-corrected chi connectivity index (χ4v) is 13.9. The molecule has 0 heterocycles. The standard InChI is InChI=1S/C24H41N2O3.C15H24O3S.C14H21N2O2.C14H12O6S.C10H8O3S.C6HF5O3S.ClHO4.F6P/c1-4-7-10-13-16-27-21-19-22(28-17-14-11-8-5-2)24(26-25)23(20-21)29-18-15-12-9-6-3;1-9(2)12-7-13(10(3)4)15(19(16,17)18)14(8-12)11(5)6;1-3-5-9-17-12-7-8-13(16-15)14(11-12)18-10-6-4-2;1-20-12-8-11(15)10(7-13(12)21(17,18)19)14(16)9-5-3-2-4-6-9;11-14(12,13)10-7-3-5-8-4-1-2-6-9(8)10;7-1-2(8)4(10)6(15(12,13)14)5(11)3(1)9;2-1(3,4)5;1-7(2,3,4,5)6/h19-20H,4-18H2,1-3H3;7-11H,1-6H3,(H,16,17,18);7-8,11H,3-6,9-10H2,1-2H3;2-8,15H,1H3,(H,17,18,19);1-7H,(H,11,12,13);(H,12,13,14);(H,2,3,4,5);/q+1;;+1;;;;;-1/p-5. The fraction of sp³-hybridized carbons (Fsp3) is 0.434. The van der Waals surface area contributed by atoms with Gasteiger partial charge in [-0.15, -0.1) is 10.2 Å². The number of fused-ring (bicyclic) bond motifs is 1. The van der Waals surface area contributed by atoms with Gasteiger partial charge < -0.3 is 51.7 Å². The Labute approximate surface area is 740 Å². The maximum Gasteiger partial charge on any atom is 0.200 e. The summed E-state index contributed by atoms with van der Waals surface area (Å²) in [6, 6.07) is 33.9. The van der Waals surface area contributed by atoms with E-state index in [1.54, 1.807) is 72.8 Å². The number of hydrogen-bond acceptors (Lipinski definition) is 26. The number of phenolic OH excluding ortho intramolecular Hbond substituents is 1. The monoisotopic (exact) mass is 1940 g/mol. The summed E-state index contributed by atoms with van der Waals surface area (Å²) >= 11 is 0. The Hall–Kier alpha value is -9.44. The molecule has 0 radical (unpaired) electrons. The van der Waals surface area contributed by atoms with Crippen LogP contribution in [0.3, 0.4) is 0 Å². The van der Waals surface area contributed by atoms with Gasteiger partial charge in [-0.2, -0.15) is 0 Å². The molecule has 8 aromatic rings. The maximum absolute atomic E-state index is 12.6. The number of benzene rings is 8. The Morgan fingerprint density at radius 1 is 0.430 bits per heavy atom. The number of aromatic hydroxyl groups is 1. The van der Waals surface area contributed by atoms with Gasteiger partial charge in [0, 0.05) is 35.9 Å². The van der Waals surface area contributed by atoms with E-state index < -0.39 is 109 Å². The first kappa shape index (κ1) is 117. The molecule has 0 aromatic heterocycles. The van der Waals surface area contributed by atoms with E-state index in [4.69, 9.17) is 52.5 Å². The zero-order chi connectivity index (χ0) is 98.0. The quantitative estimate of drug-likeness (QED) is 0.00557. The third kappa shape index (κ3) is 45.2. The van der Waals surface area contributed by atoms with E-state index in [2.05, 4.69) is 58.4 Å². The molecule has 0 fully saturated rings. The van der Waals surface area contributed by atoms with E-state index in [1.165, 1.54) is 63.1 Å². The van der Waals surface area contributed by atoms with Gasteiger partial charge >= 0.3 is 44.4 Å². The molecule has 0 saturated heterocycles. The molecule has 8 rings (SSSR count). The van der Waals surface area contributed by atoms with E-state index in [-0.39, 0.29) is 38.5 Å². The molecule has 716 valence electrons. The van der Waals surface area contributed by atoms with Crippen LogP contribution in [0.2, 0.25) is 0 Å². The summed E-state index contributed by atoms with van der Waals surface area (Å²) in [5.74, 6) is -10.8. The molecule has 8 aromatic carbocycles. The van der Waals surface area contributed by atoms with Gasteiger partial charge in [-0.1, -0.05) is 226 Å². The number of unbranched alkanes of at least 4 members (excludes halogenated alkanes) is 11. The minimum atomic E-state index is -10.7. The summed E-state index contributed by atoms with van der Waals surface area (Å²) < 4.78 is 321.